The van der Waals surface area contributed by atoms with Crippen molar-refractivity contribution >= 4 is 31.6 Å². The smallest absolute Gasteiger partial charge is 0.296 e. The Kier molecular flexibility index (Phi) is 5.83. The van der Waals surface area contributed by atoms with Gasteiger partial charge >= 0.3 is 4.87 Å². The highest BCUT2D eigenvalue weighted by Crippen LogP contribution is 2.28. The molecule has 0 saturated carbocycles. The summed E-state index contributed by atoms with van der Waals surface area (Å²) in [6.07, 6.45) is 0. The van der Waals surface area contributed by atoms with Gasteiger partial charge in [-0.15, -0.1) is 0 Å². The van der Waals surface area contributed by atoms with Crippen molar-refractivity contribution < 1.29 is 8.42 Å². The van der Waals surface area contributed by atoms with Gasteiger partial charge in [0.2, 0.25) is 10.0 Å². The summed E-state index contributed by atoms with van der Waals surface area (Å²) in [5.41, 5.74) is 3.57. The van der Waals surface area contributed by atoms with Crippen LogP contribution in [0.1, 0.15) is 42.6 Å². The second-order valence-electron chi connectivity index (χ2n) is 7.84. The summed E-state index contributed by atoms with van der Waals surface area (Å²) >= 11 is 1.07. The third-order valence-corrected chi connectivity index (χ3v) is 7.57. The maximum atomic E-state index is 13.3. The van der Waals surface area contributed by atoms with E-state index in [1.807, 2.05) is 75.4 Å². The second-order valence-corrected chi connectivity index (χ2v) is 10.5. The first-order chi connectivity index (χ1) is 14.8. The first-order valence-electron chi connectivity index (χ1n) is 10.1. The molecule has 0 saturated heterocycles. The van der Waals surface area contributed by atoms with E-state index in [1.54, 1.807) is 22.8 Å². The Morgan fingerprint density at radius 1 is 0.903 bits per heavy atom. The van der Waals surface area contributed by atoms with Crippen LogP contribution in [0, 0.1) is 6.92 Å². The summed E-state index contributed by atoms with van der Waals surface area (Å²) in [5.74, 6) is 0. The maximum absolute atomic E-state index is 13.3. The Bertz CT molecular complexity index is 1370. The number of aromatic nitrogens is 1. The fourth-order valence-corrected chi connectivity index (χ4v) is 5.99. The number of sulfonamides is 1. The first-order valence-corrected chi connectivity index (χ1v) is 12.3. The third kappa shape index (κ3) is 4.35. The molecule has 0 aliphatic heterocycles. The molecule has 3 aromatic carbocycles. The van der Waals surface area contributed by atoms with Crippen LogP contribution in [0.5, 0.6) is 0 Å². The van der Waals surface area contributed by atoms with Crippen molar-refractivity contribution in [1.29, 1.82) is 0 Å². The van der Waals surface area contributed by atoms with Gasteiger partial charge in [0.05, 0.1) is 21.2 Å². The maximum Gasteiger partial charge on any atom is 0.308 e. The number of hydrogen-bond acceptors (Lipinski definition) is 4. The van der Waals surface area contributed by atoms with E-state index in [4.69, 9.17) is 0 Å². The molecule has 5 nitrogen and oxygen atoms in total. The third-order valence-electron chi connectivity index (χ3n) is 5.23. The normalized spacial score (nSPS) is 13.0. The van der Waals surface area contributed by atoms with Crippen LogP contribution in [0.15, 0.2) is 82.5 Å². The highest BCUT2D eigenvalue weighted by molar-refractivity contribution is 7.89. The van der Waals surface area contributed by atoms with Gasteiger partial charge in [-0.05, 0) is 50.1 Å². The largest absolute Gasteiger partial charge is 0.308 e. The summed E-state index contributed by atoms with van der Waals surface area (Å²) in [5, 5.41) is 0. The van der Waals surface area contributed by atoms with Crippen molar-refractivity contribution in [3.8, 4) is 0 Å². The summed E-state index contributed by atoms with van der Waals surface area (Å²) in [6.45, 7) is 5.87. The minimum absolute atomic E-state index is 0.00540. The van der Waals surface area contributed by atoms with Crippen molar-refractivity contribution in [3.05, 3.63) is 99.2 Å². The highest BCUT2D eigenvalue weighted by Gasteiger charge is 2.24. The lowest BCUT2D eigenvalue weighted by Gasteiger charge is -2.20. The van der Waals surface area contributed by atoms with Crippen LogP contribution in [-0.4, -0.2) is 13.0 Å². The predicted molar refractivity (Wildman–Crippen MR) is 126 cm³/mol. The summed E-state index contributed by atoms with van der Waals surface area (Å²) in [7, 11) is -3.84. The van der Waals surface area contributed by atoms with Crippen LogP contribution >= 0.6 is 11.3 Å². The Hall–Kier alpha value is -2.74. The molecule has 0 unspecified atom stereocenters. The molecular formula is C24H24N2O3S2. The molecule has 1 atom stereocenters. The van der Waals surface area contributed by atoms with E-state index < -0.39 is 16.1 Å². The number of nitrogens with one attached hydrogen (secondary N) is 1. The Morgan fingerprint density at radius 2 is 1.55 bits per heavy atom. The molecule has 1 aromatic heterocycles. The van der Waals surface area contributed by atoms with Crippen molar-refractivity contribution in [2.45, 2.75) is 37.8 Å². The van der Waals surface area contributed by atoms with Gasteiger partial charge in [0.15, 0.2) is 0 Å². The van der Waals surface area contributed by atoms with E-state index in [0.717, 1.165) is 33.5 Å². The van der Waals surface area contributed by atoms with E-state index in [9.17, 15) is 13.2 Å². The predicted octanol–water partition coefficient (Wildman–Crippen LogP) is 5.02. The van der Waals surface area contributed by atoms with Gasteiger partial charge in [-0.3, -0.25) is 9.36 Å². The Balaban J connectivity index is 1.76. The molecule has 4 aromatic rings. The second kappa shape index (κ2) is 8.42. The van der Waals surface area contributed by atoms with Crippen molar-refractivity contribution in [3.63, 3.8) is 0 Å². The summed E-state index contributed by atoms with van der Waals surface area (Å²) in [6, 6.07) is 21.7. The number of thiazole rings is 1. The number of hydrogen-bond donors (Lipinski definition) is 1. The van der Waals surface area contributed by atoms with Gasteiger partial charge in [-0.2, -0.15) is 4.72 Å². The van der Waals surface area contributed by atoms with E-state index in [1.165, 1.54) is 0 Å². The molecule has 160 valence electrons. The van der Waals surface area contributed by atoms with Gasteiger partial charge in [-0.25, -0.2) is 8.42 Å². The lowest BCUT2D eigenvalue weighted by atomic mass is 9.99. The van der Waals surface area contributed by atoms with Gasteiger partial charge in [0.1, 0.15) is 0 Å². The molecule has 0 radical (unpaired) electrons. The van der Waals surface area contributed by atoms with Crippen LogP contribution < -0.4 is 9.60 Å². The number of benzene rings is 3. The fourth-order valence-electron chi connectivity index (χ4n) is 3.63. The SMILES string of the molecule is Cc1ccc([C@H](NS(=O)(=O)c2ccc3c(c2)sc(=O)n3C(C)C)c2ccccc2)cc1. The van der Waals surface area contributed by atoms with Crippen LogP contribution in [0.25, 0.3) is 10.2 Å². The van der Waals surface area contributed by atoms with Crippen LogP contribution in [-0.2, 0) is 10.0 Å². The van der Waals surface area contributed by atoms with Crippen LogP contribution in [0.2, 0.25) is 0 Å². The molecule has 4 rings (SSSR count). The zero-order chi connectivity index (χ0) is 22.2. The molecule has 0 spiro atoms. The molecule has 1 N–H and O–H groups in total. The summed E-state index contributed by atoms with van der Waals surface area (Å²) in [4.78, 5) is 12.4. The minimum atomic E-state index is -3.84. The molecule has 0 aliphatic rings. The van der Waals surface area contributed by atoms with E-state index in [-0.39, 0.29) is 15.8 Å². The molecule has 31 heavy (non-hydrogen) atoms. The number of rotatable bonds is 6. The first kappa shape index (κ1) is 21.5. The average molecular weight is 453 g/mol. The van der Waals surface area contributed by atoms with E-state index >= 15 is 0 Å². The lowest BCUT2D eigenvalue weighted by molar-refractivity contribution is 0.572. The van der Waals surface area contributed by atoms with Gasteiger partial charge in [0.25, 0.3) is 0 Å². The van der Waals surface area contributed by atoms with Gasteiger partial charge < -0.3 is 0 Å². The van der Waals surface area contributed by atoms with Crippen LogP contribution in [0.3, 0.4) is 0 Å². The number of nitrogens with zero attached hydrogens (tertiary/aromatic N) is 1. The lowest BCUT2D eigenvalue weighted by Crippen LogP contribution is -2.29. The van der Waals surface area contributed by atoms with E-state index in [0.29, 0.717) is 4.70 Å². The number of fused-ring (bicyclic) bond motifs is 1. The highest BCUT2D eigenvalue weighted by atomic mass is 32.2. The topological polar surface area (TPSA) is 68.2 Å². The monoisotopic (exact) mass is 452 g/mol. The Morgan fingerprint density at radius 3 is 2.19 bits per heavy atom. The van der Waals surface area contributed by atoms with Gasteiger partial charge in [-0.1, -0.05) is 71.5 Å². The molecule has 0 amide bonds. The fraction of sp³-hybridized carbons (Fsp3) is 0.208. The van der Waals surface area contributed by atoms with Crippen LogP contribution in [0.4, 0.5) is 0 Å². The van der Waals surface area contributed by atoms with Crippen molar-refractivity contribution in [1.82, 2.24) is 9.29 Å². The van der Waals surface area contributed by atoms with Crippen molar-refractivity contribution in [2.24, 2.45) is 0 Å². The molecule has 0 bridgehead atoms. The Labute approximate surface area is 186 Å². The average Bonchev–Trinajstić information content (AvgIpc) is 3.08. The molecule has 7 heteroatoms. The molecule has 1 heterocycles. The minimum Gasteiger partial charge on any atom is -0.296 e. The molecule has 0 aliphatic carbocycles. The molecule has 0 fully saturated rings. The zero-order valence-electron chi connectivity index (χ0n) is 17.6. The quantitative estimate of drug-likeness (QED) is 0.447. The van der Waals surface area contributed by atoms with Crippen molar-refractivity contribution in [2.75, 3.05) is 0 Å². The zero-order valence-corrected chi connectivity index (χ0v) is 19.2. The number of aryl methyl sites for hydroxylation is 1. The summed E-state index contributed by atoms with van der Waals surface area (Å²) < 4.78 is 31.9. The standard InChI is InChI=1S/C24H24N2O3S2/c1-16(2)26-21-14-13-20(15-22(21)30-24(26)27)31(28,29)25-23(18-7-5-4-6-8-18)19-11-9-17(3)10-12-19/h4-16,23,25H,1-3H3/t23-/m1/s1. The van der Waals surface area contributed by atoms with E-state index in [2.05, 4.69) is 4.72 Å². The molecular weight excluding hydrogens is 428 g/mol. The van der Waals surface area contributed by atoms with Gasteiger partial charge in [0, 0.05) is 6.04 Å².